The number of sulfone groups is 1. The molecule has 0 aromatic carbocycles. The number of amides is 1. The Bertz CT molecular complexity index is 1060. The maximum atomic E-state index is 11.8. The Morgan fingerprint density at radius 1 is 1.21 bits per heavy atom. The van der Waals surface area contributed by atoms with Crippen LogP contribution >= 0.6 is 0 Å². The molecule has 1 amide bonds. The zero-order valence-corrected chi connectivity index (χ0v) is 20.4. The lowest BCUT2D eigenvalue weighted by Gasteiger charge is -2.43. The molecule has 4 rings (SSSR count). The van der Waals surface area contributed by atoms with Crippen LogP contribution in [0.1, 0.15) is 55.2 Å². The van der Waals surface area contributed by atoms with Gasteiger partial charge in [-0.05, 0) is 32.6 Å². The molecular formula is C21H34N8O3S. The number of anilines is 3. The quantitative estimate of drug-likeness (QED) is 0.482. The Hall–Kier alpha value is -2.73. The van der Waals surface area contributed by atoms with E-state index in [4.69, 9.17) is 5.73 Å². The fraction of sp³-hybridized carbons (Fsp3) is 0.619. The van der Waals surface area contributed by atoms with Gasteiger partial charge in [0.2, 0.25) is 5.95 Å². The van der Waals surface area contributed by atoms with Crippen LogP contribution in [0.4, 0.5) is 17.6 Å². The number of hydrogen-bond donors (Lipinski definition) is 4. The predicted octanol–water partition coefficient (Wildman–Crippen LogP) is 1.51. The number of aromatic amines is 1. The lowest BCUT2D eigenvalue weighted by Crippen LogP contribution is -2.54. The average Bonchev–Trinajstić information content (AvgIpc) is 3.17. The smallest absolute Gasteiger partial charge is 0.267 e. The first-order chi connectivity index (χ1) is 15.5. The lowest BCUT2D eigenvalue weighted by molar-refractivity contribution is 0.0995. The van der Waals surface area contributed by atoms with Gasteiger partial charge >= 0.3 is 0 Å². The molecule has 2 aromatic rings. The number of nitrogens with two attached hydrogens (primary N) is 1. The number of nitrogens with one attached hydrogen (secondary N) is 3. The van der Waals surface area contributed by atoms with E-state index in [1.165, 1.54) is 25.5 Å². The molecule has 33 heavy (non-hydrogen) atoms. The molecule has 0 spiro atoms. The SMILES string of the molecule is CCS(C)(=O)=O.Cc1cc(Nc2cc(C(N)=O)nc(N(C)C3C[C@H]4CCC[C@@H](C3)N4)n2)n[nH]1. The van der Waals surface area contributed by atoms with Gasteiger partial charge in [-0.15, -0.1) is 0 Å². The van der Waals surface area contributed by atoms with Crippen molar-refractivity contribution in [1.29, 1.82) is 0 Å². The monoisotopic (exact) mass is 478 g/mol. The predicted molar refractivity (Wildman–Crippen MR) is 129 cm³/mol. The van der Waals surface area contributed by atoms with Crippen molar-refractivity contribution >= 4 is 33.3 Å². The van der Waals surface area contributed by atoms with Crippen LogP contribution in [0.25, 0.3) is 0 Å². The van der Waals surface area contributed by atoms with Crippen LogP contribution in [0.5, 0.6) is 0 Å². The van der Waals surface area contributed by atoms with Gasteiger partial charge < -0.3 is 21.3 Å². The molecule has 2 fully saturated rings. The van der Waals surface area contributed by atoms with Gasteiger partial charge in [0.25, 0.3) is 5.91 Å². The molecule has 0 radical (unpaired) electrons. The van der Waals surface area contributed by atoms with E-state index in [-0.39, 0.29) is 11.4 Å². The number of aryl methyl sites for hydroxylation is 1. The van der Waals surface area contributed by atoms with Gasteiger partial charge in [0.05, 0.1) is 0 Å². The fourth-order valence-corrected chi connectivity index (χ4v) is 4.11. The number of rotatable bonds is 6. The molecule has 1 unspecified atom stereocenters. The summed E-state index contributed by atoms with van der Waals surface area (Å²) in [6.07, 6.45) is 7.05. The van der Waals surface area contributed by atoms with Gasteiger partial charge in [0, 0.05) is 55.0 Å². The third kappa shape index (κ3) is 7.13. The summed E-state index contributed by atoms with van der Waals surface area (Å²) in [6.45, 7) is 3.54. The van der Waals surface area contributed by atoms with E-state index in [0.29, 0.717) is 35.7 Å². The summed E-state index contributed by atoms with van der Waals surface area (Å²) in [4.78, 5) is 22.9. The van der Waals surface area contributed by atoms with Crippen LogP contribution in [-0.2, 0) is 9.84 Å². The van der Waals surface area contributed by atoms with E-state index in [0.717, 1.165) is 18.5 Å². The van der Waals surface area contributed by atoms with Crippen molar-refractivity contribution in [3.05, 3.63) is 23.5 Å². The minimum atomic E-state index is -2.66. The zero-order chi connectivity index (χ0) is 24.2. The summed E-state index contributed by atoms with van der Waals surface area (Å²) in [6, 6.07) is 4.86. The van der Waals surface area contributed by atoms with E-state index >= 15 is 0 Å². The van der Waals surface area contributed by atoms with Crippen molar-refractivity contribution in [2.75, 3.05) is 29.3 Å². The molecule has 5 N–H and O–H groups in total. The number of piperidine rings is 2. The Morgan fingerprint density at radius 2 is 1.85 bits per heavy atom. The summed E-state index contributed by atoms with van der Waals surface area (Å²) in [5.41, 5.74) is 6.62. The first-order valence-corrected chi connectivity index (χ1v) is 13.2. The van der Waals surface area contributed by atoms with Gasteiger partial charge in [-0.1, -0.05) is 13.3 Å². The molecule has 12 heteroatoms. The molecule has 0 aliphatic carbocycles. The van der Waals surface area contributed by atoms with Crippen LogP contribution in [0.2, 0.25) is 0 Å². The summed E-state index contributed by atoms with van der Waals surface area (Å²) in [7, 11) is -0.668. The molecule has 2 bridgehead atoms. The van der Waals surface area contributed by atoms with Crippen molar-refractivity contribution in [3.8, 4) is 0 Å². The second-order valence-corrected chi connectivity index (χ2v) is 11.2. The summed E-state index contributed by atoms with van der Waals surface area (Å²) < 4.78 is 20.0. The highest BCUT2D eigenvalue weighted by Gasteiger charge is 2.34. The number of primary amides is 1. The minimum Gasteiger partial charge on any atom is -0.364 e. The van der Waals surface area contributed by atoms with Crippen molar-refractivity contribution in [1.82, 2.24) is 25.5 Å². The topological polar surface area (TPSA) is 159 Å². The van der Waals surface area contributed by atoms with E-state index in [1.807, 2.05) is 20.0 Å². The van der Waals surface area contributed by atoms with Crippen LogP contribution in [-0.4, -0.2) is 71.7 Å². The van der Waals surface area contributed by atoms with Gasteiger partial charge in [-0.25, -0.2) is 13.4 Å². The highest BCUT2D eigenvalue weighted by atomic mass is 32.2. The van der Waals surface area contributed by atoms with E-state index < -0.39 is 15.7 Å². The van der Waals surface area contributed by atoms with Crippen LogP contribution in [0.15, 0.2) is 12.1 Å². The number of carbonyl (C=O) groups excluding carboxylic acids is 1. The first kappa shape index (κ1) is 24.9. The number of aromatic nitrogens is 4. The van der Waals surface area contributed by atoms with Crippen molar-refractivity contribution in [2.45, 2.75) is 64.1 Å². The third-order valence-electron chi connectivity index (χ3n) is 6.01. The molecular weight excluding hydrogens is 444 g/mol. The van der Waals surface area contributed by atoms with E-state index in [1.54, 1.807) is 13.0 Å². The van der Waals surface area contributed by atoms with Crippen LogP contribution < -0.4 is 21.3 Å². The normalized spacial score (nSPS) is 22.1. The Labute approximate surface area is 194 Å². The number of H-pyrrole nitrogens is 1. The molecule has 182 valence electrons. The summed E-state index contributed by atoms with van der Waals surface area (Å²) in [5.74, 6) is 1.31. The molecule has 2 aliphatic rings. The van der Waals surface area contributed by atoms with E-state index in [2.05, 4.69) is 35.7 Å². The van der Waals surface area contributed by atoms with E-state index in [9.17, 15) is 13.2 Å². The average molecular weight is 479 g/mol. The van der Waals surface area contributed by atoms with Gasteiger partial charge in [0.1, 0.15) is 21.3 Å². The summed E-state index contributed by atoms with van der Waals surface area (Å²) in [5, 5.41) is 13.8. The highest BCUT2D eigenvalue weighted by molar-refractivity contribution is 7.90. The van der Waals surface area contributed by atoms with Gasteiger partial charge in [-0.3, -0.25) is 9.89 Å². The van der Waals surface area contributed by atoms with Crippen molar-refractivity contribution in [2.24, 2.45) is 5.73 Å². The maximum Gasteiger partial charge on any atom is 0.267 e. The molecule has 0 saturated carbocycles. The number of nitrogens with zero attached hydrogens (tertiary/aromatic N) is 4. The Morgan fingerprint density at radius 3 is 2.36 bits per heavy atom. The second kappa shape index (κ2) is 10.5. The van der Waals surface area contributed by atoms with Crippen LogP contribution in [0, 0.1) is 6.92 Å². The van der Waals surface area contributed by atoms with Gasteiger partial charge in [0.15, 0.2) is 5.82 Å². The molecule has 11 nitrogen and oxygen atoms in total. The van der Waals surface area contributed by atoms with Crippen molar-refractivity contribution < 1.29 is 13.2 Å². The van der Waals surface area contributed by atoms with Crippen LogP contribution in [0.3, 0.4) is 0 Å². The number of carbonyl (C=O) groups is 1. The third-order valence-corrected chi connectivity index (χ3v) is 7.05. The number of hydrogen-bond acceptors (Lipinski definition) is 9. The van der Waals surface area contributed by atoms with Crippen molar-refractivity contribution in [3.63, 3.8) is 0 Å². The summed E-state index contributed by atoms with van der Waals surface area (Å²) >= 11 is 0. The highest BCUT2D eigenvalue weighted by Crippen LogP contribution is 2.30. The Kier molecular flexibility index (Phi) is 7.90. The number of fused-ring (bicyclic) bond motifs is 2. The molecule has 2 saturated heterocycles. The van der Waals surface area contributed by atoms with Gasteiger partial charge in [-0.2, -0.15) is 10.1 Å². The first-order valence-electron chi connectivity index (χ1n) is 11.2. The second-order valence-electron chi connectivity index (χ2n) is 8.81. The standard InChI is InChI=1S/C18H26N8O.C3H8O2S/c1-10-6-16(25-24-10)22-15-9-14(17(19)27)21-18(23-15)26(2)13-7-11-4-3-5-12(8-13)20-11;1-3-6(2,4)5/h6,9,11-13,20H,3-5,7-8H2,1-2H3,(H2,19,27)(H2,21,22,23,24,25);3H2,1-2H3/t11-,12+,13?;. The Balaban J connectivity index is 0.000000454. The maximum absolute atomic E-state index is 11.8. The molecule has 2 aromatic heterocycles. The molecule has 2 aliphatic heterocycles. The molecule has 4 heterocycles. The largest absolute Gasteiger partial charge is 0.364 e. The molecule has 3 atom stereocenters. The minimum absolute atomic E-state index is 0.190. The lowest BCUT2D eigenvalue weighted by atomic mass is 9.83. The fourth-order valence-electron chi connectivity index (χ4n) is 4.11. The zero-order valence-electron chi connectivity index (χ0n) is 19.6.